The maximum Gasteiger partial charge on any atom is 0.435 e. The van der Waals surface area contributed by atoms with Crippen molar-refractivity contribution in [2.24, 2.45) is 22.7 Å². The Labute approximate surface area is 182 Å². The van der Waals surface area contributed by atoms with Crippen molar-refractivity contribution in [3.63, 3.8) is 0 Å². The molecule has 8 heteroatoms. The number of nitrogens with one attached hydrogen (secondary N) is 1. The lowest BCUT2D eigenvalue weighted by atomic mass is 10.2. The summed E-state index contributed by atoms with van der Waals surface area (Å²) in [6, 6.07) is 3.56. The molecule has 2 spiro atoms. The topological polar surface area (TPSA) is 91.3 Å². The average Bonchev–Trinajstić information content (AvgIpc) is 3.70. The van der Waals surface area contributed by atoms with E-state index in [1.165, 1.54) is 43.2 Å². The van der Waals surface area contributed by atoms with E-state index in [1.807, 2.05) is 26.8 Å². The van der Waals surface area contributed by atoms with Gasteiger partial charge in [-0.25, -0.2) is 9.89 Å². The summed E-state index contributed by atoms with van der Waals surface area (Å²) in [6.45, 7) is 7.07. The van der Waals surface area contributed by atoms with Gasteiger partial charge in [-0.3, -0.25) is 0 Å². The van der Waals surface area contributed by atoms with Crippen molar-refractivity contribution in [3.8, 4) is 11.8 Å². The molecule has 0 aliphatic heterocycles. The Morgan fingerprint density at radius 1 is 1.10 bits per heavy atom. The van der Waals surface area contributed by atoms with Crippen LogP contribution in [-0.4, -0.2) is 44.9 Å². The van der Waals surface area contributed by atoms with E-state index in [4.69, 9.17) is 14.2 Å². The van der Waals surface area contributed by atoms with Gasteiger partial charge >= 0.3 is 6.09 Å². The van der Waals surface area contributed by atoms with Crippen LogP contribution in [0.3, 0.4) is 0 Å². The maximum absolute atomic E-state index is 11.8. The van der Waals surface area contributed by atoms with E-state index >= 15 is 0 Å². The Kier molecular flexibility index (Phi) is 4.79. The second-order valence-corrected chi connectivity index (χ2v) is 10.6. The van der Waals surface area contributed by atoms with Crippen LogP contribution < -0.4 is 9.47 Å². The summed E-state index contributed by atoms with van der Waals surface area (Å²) in [4.78, 5) is 11.8. The lowest BCUT2D eigenvalue weighted by molar-refractivity contribution is 0.0511. The van der Waals surface area contributed by atoms with E-state index in [2.05, 4.69) is 15.3 Å². The molecule has 4 saturated carbocycles. The molecule has 2 unspecified atom stereocenters. The molecule has 8 nitrogen and oxygen atoms in total. The van der Waals surface area contributed by atoms with Gasteiger partial charge in [0.15, 0.2) is 0 Å². The number of nitrogens with zero attached hydrogens (tertiary/aromatic N) is 3. The quantitative estimate of drug-likeness (QED) is 0.732. The van der Waals surface area contributed by atoms with Gasteiger partial charge in [0, 0.05) is 18.3 Å². The molecule has 0 amide bonds. The van der Waals surface area contributed by atoms with E-state index in [-0.39, 0.29) is 0 Å². The predicted octanol–water partition coefficient (Wildman–Crippen LogP) is 4.43. The molecule has 31 heavy (non-hydrogen) atoms. The molecule has 1 N–H and O–H groups in total. The van der Waals surface area contributed by atoms with Crippen LogP contribution in [0.4, 0.5) is 4.79 Å². The first-order valence-corrected chi connectivity index (χ1v) is 11.3. The highest BCUT2D eigenvalue weighted by molar-refractivity contribution is 5.69. The van der Waals surface area contributed by atoms with Gasteiger partial charge in [-0.1, -0.05) is 0 Å². The Morgan fingerprint density at radius 2 is 1.74 bits per heavy atom. The Balaban J connectivity index is 0.000000145. The third-order valence-electron chi connectivity index (χ3n) is 6.99. The van der Waals surface area contributed by atoms with Crippen LogP contribution in [0.15, 0.2) is 24.5 Å². The van der Waals surface area contributed by atoms with E-state index in [1.54, 1.807) is 18.5 Å². The summed E-state index contributed by atoms with van der Waals surface area (Å²) in [7, 11) is 0. The monoisotopic (exact) mass is 428 g/mol. The second kappa shape index (κ2) is 7.28. The van der Waals surface area contributed by atoms with E-state index in [9.17, 15) is 4.79 Å². The smallest absolute Gasteiger partial charge is 0.435 e. The molecular formula is C23H32N4O4. The van der Waals surface area contributed by atoms with E-state index in [0.717, 1.165) is 23.8 Å². The summed E-state index contributed by atoms with van der Waals surface area (Å²) in [5, 5.41) is 10.7. The molecule has 4 aliphatic carbocycles. The fraction of sp³-hybridized carbons (Fsp3) is 0.696. The number of H-pyrrole nitrogens is 1. The number of aromatic nitrogens is 4. The second-order valence-electron chi connectivity index (χ2n) is 10.6. The summed E-state index contributed by atoms with van der Waals surface area (Å²) >= 11 is 0. The van der Waals surface area contributed by atoms with Gasteiger partial charge in [0.1, 0.15) is 5.60 Å². The fourth-order valence-corrected chi connectivity index (χ4v) is 4.38. The lowest BCUT2D eigenvalue weighted by Crippen LogP contribution is -2.27. The number of rotatable bonds is 6. The van der Waals surface area contributed by atoms with E-state index < -0.39 is 11.7 Å². The minimum atomic E-state index is -0.517. The van der Waals surface area contributed by atoms with Gasteiger partial charge in [-0.05, 0) is 82.0 Å². The number of carbonyl (C=O) groups is 1. The first-order valence-electron chi connectivity index (χ1n) is 11.3. The van der Waals surface area contributed by atoms with Crippen molar-refractivity contribution in [2.75, 3.05) is 13.2 Å². The molecule has 2 atom stereocenters. The molecule has 0 bridgehead atoms. The molecule has 4 fully saturated rings. The SMILES string of the molecule is CC(C)(C)OC(=O)n1ccc(OCC2CC23CC3)n1.c1cc(OCC2CC23CC3)[nH]n1. The summed E-state index contributed by atoms with van der Waals surface area (Å²) in [6.07, 6.45) is 11.1. The largest absolute Gasteiger partial charge is 0.478 e. The molecule has 2 aromatic heterocycles. The van der Waals surface area contributed by atoms with Crippen LogP contribution in [0, 0.1) is 22.7 Å². The van der Waals surface area contributed by atoms with Crippen LogP contribution in [0.25, 0.3) is 0 Å². The van der Waals surface area contributed by atoms with Gasteiger partial charge in [0.25, 0.3) is 0 Å². The minimum Gasteiger partial charge on any atom is -0.478 e. The molecule has 6 rings (SSSR count). The molecule has 168 valence electrons. The number of aromatic amines is 1. The highest BCUT2D eigenvalue weighted by Crippen LogP contribution is 2.71. The molecule has 0 radical (unpaired) electrons. The van der Waals surface area contributed by atoms with Crippen LogP contribution in [0.1, 0.15) is 59.3 Å². The molecule has 0 saturated heterocycles. The lowest BCUT2D eigenvalue weighted by Gasteiger charge is -2.18. The Hall–Kier alpha value is -2.51. The van der Waals surface area contributed by atoms with Gasteiger partial charge < -0.3 is 14.2 Å². The van der Waals surface area contributed by atoms with Crippen LogP contribution in [0.2, 0.25) is 0 Å². The fourth-order valence-electron chi connectivity index (χ4n) is 4.38. The van der Waals surface area contributed by atoms with Crippen LogP contribution >= 0.6 is 0 Å². The molecule has 0 aromatic carbocycles. The number of carbonyl (C=O) groups excluding carboxylic acids is 1. The molecule has 2 heterocycles. The number of ether oxygens (including phenoxy) is 3. The van der Waals surface area contributed by atoms with Crippen molar-refractivity contribution in [2.45, 2.75) is 64.9 Å². The first kappa shape index (κ1) is 20.4. The van der Waals surface area contributed by atoms with Crippen LogP contribution in [-0.2, 0) is 4.74 Å². The zero-order chi connectivity index (χ0) is 21.7. The maximum atomic E-state index is 11.8. The highest BCUT2D eigenvalue weighted by Gasteiger charge is 2.63. The normalized spacial score (nSPS) is 25.4. The van der Waals surface area contributed by atoms with Gasteiger partial charge in [0.2, 0.25) is 11.8 Å². The highest BCUT2D eigenvalue weighted by atomic mass is 16.6. The van der Waals surface area contributed by atoms with Crippen molar-refractivity contribution < 1.29 is 19.0 Å². The number of hydrogen-bond donors (Lipinski definition) is 1. The zero-order valence-corrected chi connectivity index (χ0v) is 18.6. The van der Waals surface area contributed by atoms with Gasteiger partial charge in [-0.15, -0.1) is 5.10 Å². The van der Waals surface area contributed by atoms with Gasteiger partial charge in [-0.2, -0.15) is 9.78 Å². The first-order chi connectivity index (χ1) is 14.8. The molecule has 4 aliphatic rings. The van der Waals surface area contributed by atoms with Crippen molar-refractivity contribution in [1.82, 2.24) is 20.0 Å². The third kappa shape index (κ3) is 4.88. The van der Waals surface area contributed by atoms with Crippen molar-refractivity contribution >= 4 is 6.09 Å². The summed E-state index contributed by atoms with van der Waals surface area (Å²) < 4.78 is 17.6. The summed E-state index contributed by atoms with van der Waals surface area (Å²) in [5.41, 5.74) is 0.865. The number of hydrogen-bond acceptors (Lipinski definition) is 6. The van der Waals surface area contributed by atoms with Crippen molar-refractivity contribution in [3.05, 3.63) is 24.5 Å². The minimum absolute atomic E-state index is 0.479. The average molecular weight is 429 g/mol. The molecule has 2 aromatic rings. The van der Waals surface area contributed by atoms with Crippen molar-refractivity contribution in [1.29, 1.82) is 0 Å². The predicted molar refractivity (Wildman–Crippen MR) is 113 cm³/mol. The van der Waals surface area contributed by atoms with Gasteiger partial charge in [0.05, 0.1) is 19.4 Å². The third-order valence-corrected chi connectivity index (χ3v) is 6.99. The van der Waals surface area contributed by atoms with E-state index in [0.29, 0.717) is 23.8 Å². The molecular weight excluding hydrogens is 396 g/mol. The zero-order valence-electron chi connectivity index (χ0n) is 18.6. The summed E-state index contributed by atoms with van der Waals surface area (Å²) in [5.74, 6) is 2.83. The Morgan fingerprint density at radius 3 is 2.26 bits per heavy atom. The standard InChI is InChI=1S/C14H20N2O3.C9H12N2O/c1-13(2,3)19-12(17)16-7-4-11(15-16)18-9-10-8-14(10)5-6-14;1-4-10-11-8(1)12-6-7-5-9(7)2-3-9/h4,7,10H,5-6,8-9H2,1-3H3;1,4,7H,2-3,5-6H2,(H,10,11). The Bertz CT molecular complexity index is 922. The van der Waals surface area contributed by atoms with Crippen LogP contribution in [0.5, 0.6) is 11.8 Å².